The lowest BCUT2D eigenvalue weighted by Crippen LogP contribution is -2.44. The molecule has 1 saturated heterocycles. The largest absolute Gasteiger partial charge is 0.495 e. The fourth-order valence-electron chi connectivity index (χ4n) is 3.86. The van der Waals surface area contributed by atoms with Crippen LogP contribution in [0, 0.1) is 11.3 Å². The number of aryl methyl sites for hydroxylation is 2. The second-order valence-corrected chi connectivity index (χ2v) is 9.45. The van der Waals surface area contributed by atoms with E-state index in [4.69, 9.17) is 17.0 Å². The summed E-state index contributed by atoms with van der Waals surface area (Å²) in [6, 6.07) is 11.0. The van der Waals surface area contributed by atoms with Crippen molar-refractivity contribution in [3.05, 3.63) is 64.4 Å². The van der Waals surface area contributed by atoms with Gasteiger partial charge in [-0.05, 0) is 69.6 Å². The molecule has 1 aliphatic heterocycles. The summed E-state index contributed by atoms with van der Waals surface area (Å²) in [6.45, 7) is 3.68. The van der Waals surface area contributed by atoms with E-state index >= 15 is 0 Å². The lowest BCUT2D eigenvalue weighted by Gasteiger charge is -2.29. The van der Waals surface area contributed by atoms with Crippen LogP contribution in [0.1, 0.15) is 36.5 Å². The van der Waals surface area contributed by atoms with E-state index < -0.39 is 5.54 Å². The monoisotopic (exact) mass is 477 g/mol. The van der Waals surface area contributed by atoms with Gasteiger partial charge < -0.3 is 9.64 Å². The average Bonchev–Trinajstić information content (AvgIpc) is 3.39. The summed E-state index contributed by atoms with van der Waals surface area (Å²) in [4.78, 5) is 25.6. The molecule has 0 spiro atoms. The van der Waals surface area contributed by atoms with E-state index in [9.17, 15) is 10.1 Å². The summed E-state index contributed by atoms with van der Waals surface area (Å²) in [7, 11) is 1.49. The lowest BCUT2D eigenvalue weighted by atomic mass is 10.0. The molecule has 0 N–H and O–H groups in total. The summed E-state index contributed by atoms with van der Waals surface area (Å²) < 4.78 is 5.31. The lowest BCUT2D eigenvalue weighted by molar-refractivity contribution is -0.120. The Balaban J connectivity index is 1.55. The first-order valence-electron chi connectivity index (χ1n) is 10.5. The molecule has 1 amide bonds. The third kappa shape index (κ3) is 4.32. The van der Waals surface area contributed by atoms with Crippen LogP contribution in [-0.4, -0.2) is 33.6 Å². The van der Waals surface area contributed by atoms with Gasteiger partial charge in [0.15, 0.2) is 5.11 Å². The molecule has 1 aliphatic rings. The first-order valence-corrected chi connectivity index (χ1v) is 11.8. The van der Waals surface area contributed by atoms with Gasteiger partial charge in [-0.3, -0.25) is 14.7 Å². The molecule has 0 aliphatic carbocycles. The number of carbonyl (C=O) groups excluding carboxylic acids is 1. The molecule has 9 heteroatoms. The molecule has 0 bridgehead atoms. The molecule has 0 atom stereocenters. The third-order valence-electron chi connectivity index (χ3n) is 5.61. The highest BCUT2D eigenvalue weighted by atomic mass is 32.1. The predicted octanol–water partition coefficient (Wildman–Crippen LogP) is 4.51. The number of rotatable bonds is 7. The number of nitrogens with zero attached hydrogens (tertiary/aromatic N) is 5. The molecule has 3 heterocycles. The van der Waals surface area contributed by atoms with E-state index in [1.54, 1.807) is 35.7 Å². The number of pyridine rings is 1. The first-order chi connectivity index (χ1) is 15.9. The number of thiocarbonyl (C=S) groups is 1. The zero-order chi connectivity index (χ0) is 23.6. The topological polar surface area (TPSA) is 82.3 Å². The van der Waals surface area contributed by atoms with E-state index in [0.29, 0.717) is 22.1 Å². The van der Waals surface area contributed by atoms with Crippen LogP contribution >= 0.6 is 23.6 Å². The number of hydrogen-bond acceptors (Lipinski definition) is 7. The van der Waals surface area contributed by atoms with Gasteiger partial charge in [-0.1, -0.05) is 0 Å². The van der Waals surface area contributed by atoms with E-state index in [-0.39, 0.29) is 5.91 Å². The Bertz CT molecular complexity index is 1220. The van der Waals surface area contributed by atoms with Gasteiger partial charge in [0.1, 0.15) is 17.4 Å². The molecule has 0 saturated carbocycles. The number of anilines is 2. The van der Waals surface area contributed by atoms with E-state index in [1.807, 2.05) is 42.5 Å². The van der Waals surface area contributed by atoms with Gasteiger partial charge in [0.25, 0.3) is 5.91 Å². The molecule has 2 aromatic heterocycles. The molecule has 33 heavy (non-hydrogen) atoms. The smallest absolute Gasteiger partial charge is 0.259 e. The highest BCUT2D eigenvalue weighted by molar-refractivity contribution is 7.81. The zero-order valence-electron chi connectivity index (χ0n) is 18.6. The number of carbonyl (C=O) groups is 1. The van der Waals surface area contributed by atoms with Crippen molar-refractivity contribution in [3.8, 4) is 11.8 Å². The zero-order valence-corrected chi connectivity index (χ0v) is 20.2. The van der Waals surface area contributed by atoms with Gasteiger partial charge in [-0.25, -0.2) is 4.98 Å². The van der Waals surface area contributed by atoms with Crippen molar-refractivity contribution in [3.63, 3.8) is 0 Å². The quantitative estimate of drug-likeness (QED) is 0.463. The van der Waals surface area contributed by atoms with Crippen molar-refractivity contribution < 1.29 is 9.53 Å². The van der Waals surface area contributed by atoms with E-state index in [1.165, 1.54) is 12.0 Å². The van der Waals surface area contributed by atoms with Gasteiger partial charge in [-0.15, -0.1) is 11.3 Å². The van der Waals surface area contributed by atoms with Crippen LogP contribution in [0.4, 0.5) is 11.4 Å². The molecule has 3 aromatic rings. The maximum Gasteiger partial charge on any atom is 0.259 e. The molecule has 168 valence electrons. The minimum absolute atomic E-state index is 0.160. The molecule has 4 rings (SSSR count). The van der Waals surface area contributed by atoms with Crippen LogP contribution in [0.5, 0.6) is 5.75 Å². The molecular formula is C24H23N5O2S2. The number of aromatic nitrogens is 2. The number of thiazole rings is 1. The standard InChI is InChI=1S/C24H23N5O2S2/c1-24(2)22(30)28(18-9-7-16(14-25)20(13-18)31-3)23(32)29(24)19-10-8-17(27-15-19)5-4-6-21-26-11-12-33-21/h7-13,15H,4-6H2,1-3H3. The summed E-state index contributed by atoms with van der Waals surface area (Å²) in [6.07, 6.45) is 6.35. The van der Waals surface area contributed by atoms with Crippen LogP contribution < -0.4 is 14.5 Å². The average molecular weight is 478 g/mol. The Hall–Kier alpha value is -3.35. The minimum Gasteiger partial charge on any atom is -0.495 e. The van der Waals surface area contributed by atoms with Crippen molar-refractivity contribution in [2.24, 2.45) is 0 Å². The van der Waals surface area contributed by atoms with Crippen LogP contribution in [0.3, 0.4) is 0 Å². The summed E-state index contributed by atoms with van der Waals surface area (Å²) in [5.41, 5.74) is 1.79. The van der Waals surface area contributed by atoms with Gasteiger partial charge in [-0.2, -0.15) is 5.26 Å². The summed E-state index contributed by atoms with van der Waals surface area (Å²) in [5.74, 6) is 0.234. The van der Waals surface area contributed by atoms with Crippen molar-refractivity contribution in [2.45, 2.75) is 38.6 Å². The number of methoxy groups -OCH3 is 1. The fourth-order valence-corrected chi connectivity index (χ4v) is 5.05. The highest BCUT2D eigenvalue weighted by Gasteiger charge is 2.50. The number of benzene rings is 1. The Morgan fingerprint density at radius 1 is 1.18 bits per heavy atom. The number of hydrogen-bond donors (Lipinski definition) is 0. The van der Waals surface area contributed by atoms with E-state index in [2.05, 4.69) is 16.0 Å². The van der Waals surface area contributed by atoms with Gasteiger partial charge in [0.05, 0.1) is 35.3 Å². The Morgan fingerprint density at radius 2 is 1.97 bits per heavy atom. The number of amides is 1. The highest BCUT2D eigenvalue weighted by Crippen LogP contribution is 2.37. The second-order valence-electron chi connectivity index (χ2n) is 8.10. The number of nitriles is 1. The van der Waals surface area contributed by atoms with Gasteiger partial charge in [0.2, 0.25) is 0 Å². The van der Waals surface area contributed by atoms with Gasteiger partial charge >= 0.3 is 0 Å². The molecule has 7 nitrogen and oxygen atoms in total. The molecule has 1 aromatic carbocycles. The normalized spacial score (nSPS) is 15.1. The molecule has 1 fully saturated rings. The Kier molecular flexibility index (Phi) is 6.40. The first kappa shape index (κ1) is 22.8. The van der Waals surface area contributed by atoms with Crippen LogP contribution in [-0.2, 0) is 17.6 Å². The van der Waals surface area contributed by atoms with E-state index in [0.717, 1.165) is 35.7 Å². The SMILES string of the molecule is COc1cc(N2C(=O)C(C)(C)N(c3ccc(CCCc4nccs4)nc3)C2=S)ccc1C#N. The maximum absolute atomic E-state index is 13.4. The summed E-state index contributed by atoms with van der Waals surface area (Å²) >= 11 is 7.40. The van der Waals surface area contributed by atoms with Crippen molar-refractivity contribution in [2.75, 3.05) is 16.9 Å². The Morgan fingerprint density at radius 3 is 2.61 bits per heavy atom. The number of ether oxygens (including phenoxy) is 1. The minimum atomic E-state index is -0.897. The van der Waals surface area contributed by atoms with Crippen LogP contribution in [0.25, 0.3) is 0 Å². The fraction of sp³-hybridized carbons (Fsp3) is 0.292. The van der Waals surface area contributed by atoms with Gasteiger partial charge in [0, 0.05) is 23.3 Å². The van der Waals surface area contributed by atoms with Crippen LogP contribution in [0.15, 0.2) is 48.1 Å². The van der Waals surface area contributed by atoms with Crippen molar-refractivity contribution in [1.29, 1.82) is 5.26 Å². The second kappa shape index (κ2) is 9.25. The molecule has 0 unspecified atom stereocenters. The van der Waals surface area contributed by atoms with Crippen molar-refractivity contribution >= 4 is 45.9 Å². The molecule has 0 radical (unpaired) electrons. The van der Waals surface area contributed by atoms with Crippen molar-refractivity contribution in [1.82, 2.24) is 9.97 Å². The molecular weight excluding hydrogens is 454 g/mol. The van der Waals surface area contributed by atoms with Crippen LogP contribution in [0.2, 0.25) is 0 Å². The Labute approximate surface area is 202 Å². The predicted molar refractivity (Wildman–Crippen MR) is 133 cm³/mol. The maximum atomic E-state index is 13.4. The third-order valence-corrected chi connectivity index (χ3v) is 6.81. The summed E-state index contributed by atoms with van der Waals surface area (Å²) in [5, 5.41) is 12.7.